The van der Waals surface area contributed by atoms with Gasteiger partial charge in [0.05, 0.1) is 27.1 Å². The molecule has 0 unspecified atom stereocenters. The van der Waals surface area contributed by atoms with Crippen molar-refractivity contribution in [1.29, 1.82) is 0 Å². The molecule has 6 heteroatoms. The summed E-state index contributed by atoms with van der Waals surface area (Å²) in [7, 11) is -1.33. The minimum absolute atomic E-state index is 0.218. The van der Waals surface area contributed by atoms with Crippen LogP contribution in [0.5, 0.6) is 0 Å². The maximum Gasteiger partial charge on any atom is 0.141 e. The van der Waals surface area contributed by atoms with Gasteiger partial charge < -0.3 is 5.32 Å². The Morgan fingerprint density at radius 1 is 1.19 bits per heavy atom. The van der Waals surface area contributed by atoms with Crippen molar-refractivity contribution in [2.45, 2.75) is 31.2 Å². The molecule has 4 nitrogen and oxygen atoms in total. The summed E-state index contributed by atoms with van der Waals surface area (Å²) in [5.74, 6) is -0.182. The van der Waals surface area contributed by atoms with Gasteiger partial charge in [-0.25, -0.2) is 9.07 Å². The SMILES string of the molecule is CC(C)c1nn(-c2ccccc2)cc1CNc1ccc([S@](C)=O)c(F)c1. The van der Waals surface area contributed by atoms with E-state index in [2.05, 4.69) is 19.2 Å². The third kappa shape index (κ3) is 4.02. The van der Waals surface area contributed by atoms with Crippen LogP contribution in [0.2, 0.25) is 0 Å². The molecule has 26 heavy (non-hydrogen) atoms. The maximum atomic E-state index is 14.0. The van der Waals surface area contributed by atoms with Crippen molar-refractivity contribution >= 4 is 16.5 Å². The molecular weight excluding hydrogens is 349 g/mol. The zero-order valence-electron chi connectivity index (χ0n) is 15.1. The Morgan fingerprint density at radius 3 is 2.54 bits per heavy atom. The smallest absolute Gasteiger partial charge is 0.141 e. The third-order valence-electron chi connectivity index (χ3n) is 4.11. The van der Waals surface area contributed by atoms with E-state index in [1.54, 1.807) is 12.1 Å². The first kappa shape index (κ1) is 18.3. The van der Waals surface area contributed by atoms with Crippen LogP contribution >= 0.6 is 0 Å². The van der Waals surface area contributed by atoms with Crippen LogP contribution in [-0.4, -0.2) is 20.2 Å². The van der Waals surface area contributed by atoms with Gasteiger partial charge in [-0.3, -0.25) is 4.21 Å². The number of rotatable bonds is 6. The third-order valence-corrected chi connectivity index (χ3v) is 5.07. The molecule has 0 amide bonds. The van der Waals surface area contributed by atoms with E-state index >= 15 is 0 Å². The molecule has 1 N–H and O–H groups in total. The first-order valence-corrected chi connectivity index (χ1v) is 10.0. The van der Waals surface area contributed by atoms with E-state index in [-0.39, 0.29) is 10.8 Å². The number of halogens is 1. The highest BCUT2D eigenvalue weighted by molar-refractivity contribution is 7.84. The van der Waals surface area contributed by atoms with Crippen LogP contribution in [0.15, 0.2) is 59.6 Å². The molecule has 0 spiro atoms. The van der Waals surface area contributed by atoms with Gasteiger partial charge >= 0.3 is 0 Å². The summed E-state index contributed by atoms with van der Waals surface area (Å²) in [6, 6.07) is 14.6. The lowest BCUT2D eigenvalue weighted by molar-refractivity contribution is 0.596. The molecule has 0 fully saturated rings. The van der Waals surface area contributed by atoms with Gasteiger partial charge in [-0.2, -0.15) is 5.10 Å². The monoisotopic (exact) mass is 371 g/mol. The van der Waals surface area contributed by atoms with E-state index in [0.717, 1.165) is 16.9 Å². The predicted octanol–water partition coefficient (Wildman–Crippen LogP) is 4.48. The highest BCUT2D eigenvalue weighted by Gasteiger charge is 2.14. The minimum atomic E-state index is -1.33. The molecule has 136 valence electrons. The quantitative estimate of drug-likeness (QED) is 0.695. The lowest BCUT2D eigenvalue weighted by atomic mass is 10.1. The number of para-hydroxylation sites is 1. The molecule has 1 aromatic heterocycles. The fraction of sp³-hybridized carbons (Fsp3) is 0.250. The van der Waals surface area contributed by atoms with Gasteiger partial charge in [-0.05, 0) is 36.2 Å². The second kappa shape index (κ2) is 7.83. The molecule has 0 aliphatic rings. The summed E-state index contributed by atoms with van der Waals surface area (Å²) in [5.41, 5.74) is 3.72. The topological polar surface area (TPSA) is 46.9 Å². The summed E-state index contributed by atoms with van der Waals surface area (Å²) in [6.45, 7) is 4.74. The Labute approximate surface area is 155 Å². The molecule has 0 saturated heterocycles. The number of benzene rings is 2. The predicted molar refractivity (Wildman–Crippen MR) is 104 cm³/mol. The largest absolute Gasteiger partial charge is 0.381 e. The van der Waals surface area contributed by atoms with Crippen LogP contribution in [-0.2, 0) is 17.3 Å². The van der Waals surface area contributed by atoms with Gasteiger partial charge in [0.25, 0.3) is 0 Å². The first-order valence-electron chi connectivity index (χ1n) is 8.46. The van der Waals surface area contributed by atoms with Gasteiger partial charge in [-0.15, -0.1) is 0 Å². The van der Waals surface area contributed by atoms with Crippen molar-refractivity contribution < 1.29 is 8.60 Å². The number of anilines is 1. The summed E-state index contributed by atoms with van der Waals surface area (Å²) < 4.78 is 27.3. The Kier molecular flexibility index (Phi) is 5.52. The van der Waals surface area contributed by atoms with Gasteiger partial charge in [0.15, 0.2) is 0 Å². The molecule has 3 rings (SSSR count). The highest BCUT2D eigenvalue weighted by Crippen LogP contribution is 2.22. The van der Waals surface area contributed by atoms with E-state index in [9.17, 15) is 8.60 Å². The summed E-state index contributed by atoms with van der Waals surface area (Å²) >= 11 is 0. The van der Waals surface area contributed by atoms with Gasteiger partial charge in [0.1, 0.15) is 5.82 Å². The fourth-order valence-electron chi connectivity index (χ4n) is 2.80. The standard InChI is InChI=1S/C20H22FN3OS/c1-14(2)20-15(13-24(23-20)17-7-5-4-6-8-17)12-22-16-9-10-19(26(3)25)18(21)11-16/h4-11,13-14,22H,12H2,1-3H3/t26-/m0/s1. The van der Waals surface area contributed by atoms with Crippen LogP contribution in [0.25, 0.3) is 5.69 Å². The van der Waals surface area contributed by atoms with E-state index < -0.39 is 16.6 Å². The minimum Gasteiger partial charge on any atom is -0.381 e. The summed E-state index contributed by atoms with van der Waals surface area (Å²) in [5, 5.41) is 7.95. The number of nitrogens with one attached hydrogen (secondary N) is 1. The number of aromatic nitrogens is 2. The van der Waals surface area contributed by atoms with Crippen molar-refractivity contribution in [3.05, 3.63) is 71.8 Å². The number of nitrogens with zero attached hydrogens (tertiary/aromatic N) is 2. The number of hydrogen-bond donors (Lipinski definition) is 1. The normalized spacial score (nSPS) is 12.3. The summed E-state index contributed by atoms with van der Waals surface area (Å²) in [4.78, 5) is 0.218. The zero-order valence-corrected chi connectivity index (χ0v) is 15.9. The van der Waals surface area contributed by atoms with Gasteiger partial charge in [-0.1, -0.05) is 32.0 Å². The zero-order chi connectivity index (χ0) is 18.7. The van der Waals surface area contributed by atoms with Crippen LogP contribution in [0.4, 0.5) is 10.1 Å². The highest BCUT2D eigenvalue weighted by atomic mass is 32.2. The average Bonchev–Trinajstić information content (AvgIpc) is 3.05. The van der Waals surface area contributed by atoms with E-state index in [4.69, 9.17) is 5.10 Å². The van der Waals surface area contributed by atoms with Crippen LogP contribution in [0.1, 0.15) is 31.0 Å². The van der Waals surface area contributed by atoms with Crippen molar-refractivity contribution in [3.63, 3.8) is 0 Å². The second-order valence-electron chi connectivity index (χ2n) is 6.43. The molecule has 1 heterocycles. The van der Waals surface area contributed by atoms with Crippen LogP contribution in [0.3, 0.4) is 0 Å². The molecule has 0 saturated carbocycles. The average molecular weight is 371 g/mol. The fourth-order valence-corrected chi connectivity index (χ4v) is 3.39. The Morgan fingerprint density at radius 2 is 1.92 bits per heavy atom. The summed E-state index contributed by atoms with van der Waals surface area (Å²) in [6.07, 6.45) is 3.47. The van der Waals surface area contributed by atoms with E-state index in [0.29, 0.717) is 12.2 Å². The van der Waals surface area contributed by atoms with Crippen LogP contribution < -0.4 is 5.32 Å². The lowest BCUT2D eigenvalue weighted by Gasteiger charge is -2.09. The van der Waals surface area contributed by atoms with Crippen molar-refractivity contribution in [2.75, 3.05) is 11.6 Å². The first-order chi connectivity index (χ1) is 12.5. The molecule has 0 radical (unpaired) electrons. The molecule has 1 atom stereocenters. The van der Waals surface area contributed by atoms with E-state index in [1.807, 2.05) is 41.2 Å². The van der Waals surface area contributed by atoms with Crippen molar-refractivity contribution in [2.24, 2.45) is 0 Å². The Hall–Kier alpha value is -2.47. The van der Waals surface area contributed by atoms with Gasteiger partial charge in [0.2, 0.25) is 0 Å². The van der Waals surface area contributed by atoms with Crippen molar-refractivity contribution in [1.82, 2.24) is 9.78 Å². The molecule has 0 aliphatic carbocycles. The Bertz CT molecular complexity index is 922. The molecular formula is C20H22FN3OS. The Balaban J connectivity index is 1.82. The second-order valence-corrected chi connectivity index (χ2v) is 7.78. The maximum absolute atomic E-state index is 14.0. The lowest BCUT2D eigenvalue weighted by Crippen LogP contribution is -2.03. The van der Waals surface area contributed by atoms with E-state index in [1.165, 1.54) is 12.3 Å². The number of hydrogen-bond acceptors (Lipinski definition) is 3. The molecule has 2 aromatic carbocycles. The van der Waals surface area contributed by atoms with Crippen molar-refractivity contribution in [3.8, 4) is 5.69 Å². The molecule has 0 aliphatic heterocycles. The molecule has 0 bridgehead atoms. The van der Waals surface area contributed by atoms with Gasteiger partial charge in [0, 0.05) is 30.2 Å². The van der Waals surface area contributed by atoms with Crippen LogP contribution in [0, 0.1) is 5.82 Å². The molecule has 3 aromatic rings.